The van der Waals surface area contributed by atoms with Crippen molar-refractivity contribution in [1.82, 2.24) is 4.90 Å². The van der Waals surface area contributed by atoms with E-state index in [9.17, 15) is 4.79 Å². The Hall–Kier alpha value is -1.39. The zero-order chi connectivity index (χ0) is 10.7. The maximum atomic E-state index is 11.9. The molecule has 1 aromatic carbocycles. The lowest BCUT2D eigenvalue weighted by Crippen LogP contribution is -2.36. The van der Waals surface area contributed by atoms with Crippen LogP contribution < -0.4 is 0 Å². The Labute approximate surface area is 92.8 Å². The lowest BCUT2D eigenvalue weighted by atomic mass is 10.2. The molecule has 3 fully saturated rings. The van der Waals surface area contributed by atoms with Gasteiger partial charge in [-0.2, -0.15) is 0 Å². The van der Waals surface area contributed by atoms with Gasteiger partial charge in [0.05, 0.1) is 12.6 Å². The van der Waals surface area contributed by atoms with Crippen molar-refractivity contribution in [3.8, 4) is 0 Å². The van der Waals surface area contributed by atoms with Crippen molar-refractivity contribution < 1.29 is 14.3 Å². The molecule has 1 aromatic rings. The SMILES string of the molecule is O=C1[C@@H]2O[C@@H]2[C@H]2COC(c3ccccc3)N12. The molecule has 4 atom stereocenters. The molecule has 0 aliphatic carbocycles. The van der Waals surface area contributed by atoms with Gasteiger partial charge < -0.3 is 14.4 Å². The van der Waals surface area contributed by atoms with E-state index in [-0.39, 0.29) is 30.4 Å². The minimum Gasteiger partial charge on any atom is -0.357 e. The molecule has 4 heteroatoms. The normalized spacial score (nSPS) is 39.8. The van der Waals surface area contributed by atoms with Gasteiger partial charge in [0.2, 0.25) is 0 Å². The molecule has 0 radical (unpaired) electrons. The topological polar surface area (TPSA) is 42.1 Å². The van der Waals surface area contributed by atoms with Crippen LogP contribution in [0.4, 0.5) is 0 Å². The molecule has 0 bridgehead atoms. The van der Waals surface area contributed by atoms with Crippen molar-refractivity contribution in [2.75, 3.05) is 6.61 Å². The minimum atomic E-state index is -0.213. The monoisotopic (exact) mass is 217 g/mol. The molecule has 82 valence electrons. The molecule has 0 aromatic heterocycles. The zero-order valence-corrected chi connectivity index (χ0v) is 8.58. The zero-order valence-electron chi connectivity index (χ0n) is 8.58. The average molecular weight is 217 g/mol. The first-order valence-electron chi connectivity index (χ1n) is 5.50. The summed E-state index contributed by atoms with van der Waals surface area (Å²) in [7, 11) is 0. The van der Waals surface area contributed by atoms with Gasteiger partial charge in [0.15, 0.2) is 12.3 Å². The smallest absolute Gasteiger partial charge is 0.257 e. The lowest BCUT2D eigenvalue weighted by Gasteiger charge is -2.23. The van der Waals surface area contributed by atoms with Crippen LogP contribution >= 0.6 is 0 Å². The van der Waals surface area contributed by atoms with Crippen LogP contribution in [0.2, 0.25) is 0 Å². The number of amides is 1. The number of nitrogens with zero attached hydrogens (tertiary/aromatic N) is 1. The number of hydrogen-bond donors (Lipinski definition) is 0. The number of benzene rings is 1. The van der Waals surface area contributed by atoms with E-state index in [4.69, 9.17) is 9.47 Å². The van der Waals surface area contributed by atoms with E-state index in [2.05, 4.69) is 0 Å². The van der Waals surface area contributed by atoms with E-state index in [1.165, 1.54) is 0 Å². The molecular formula is C12H11NO3. The van der Waals surface area contributed by atoms with Gasteiger partial charge in [-0.1, -0.05) is 30.3 Å². The van der Waals surface area contributed by atoms with E-state index in [1.54, 1.807) is 0 Å². The third kappa shape index (κ3) is 0.982. The van der Waals surface area contributed by atoms with Gasteiger partial charge in [0.1, 0.15) is 6.10 Å². The Morgan fingerprint density at radius 3 is 2.88 bits per heavy atom. The average Bonchev–Trinajstić information content (AvgIpc) is 2.92. The standard InChI is InChI=1S/C12H11NO3/c14-11-10-9(16-10)8-6-15-12(13(8)11)7-4-2-1-3-5-7/h1-5,8-10,12H,6H2/t8-,9-,10-,12?/m1/s1. The van der Waals surface area contributed by atoms with Crippen LogP contribution in [-0.4, -0.2) is 35.7 Å². The Kier molecular flexibility index (Phi) is 1.55. The first-order valence-corrected chi connectivity index (χ1v) is 5.50. The predicted molar refractivity (Wildman–Crippen MR) is 54.4 cm³/mol. The van der Waals surface area contributed by atoms with E-state index in [0.717, 1.165) is 5.56 Å². The molecule has 4 rings (SSSR count). The number of carbonyl (C=O) groups excluding carboxylic acids is 1. The molecule has 1 unspecified atom stereocenters. The molecule has 3 aliphatic rings. The van der Waals surface area contributed by atoms with Crippen molar-refractivity contribution in [3.05, 3.63) is 35.9 Å². The van der Waals surface area contributed by atoms with Crippen molar-refractivity contribution in [1.29, 1.82) is 0 Å². The molecule has 0 spiro atoms. The number of morpholine rings is 1. The highest BCUT2D eigenvalue weighted by Crippen LogP contribution is 2.46. The van der Waals surface area contributed by atoms with Crippen LogP contribution in [0.5, 0.6) is 0 Å². The largest absolute Gasteiger partial charge is 0.357 e. The van der Waals surface area contributed by atoms with E-state index < -0.39 is 0 Å². The third-order valence-electron chi connectivity index (χ3n) is 3.52. The highest BCUT2D eigenvalue weighted by molar-refractivity contribution is 5.88. The van der Waals surface area contributed by atoms with Gasteiger partial charge in [-0.25, -0.2) is 0 Å². The van der Waals surface area contributed by atoms with Gasteiger partial charge in [-0.3, -0.25) is 4.79 Å². The highest BCUT2D eigenvalue weighted by atomic mass is 16.6. The summed E-state index contributed by atoms with van der Waals surface area (Å²) in [5.41, 5.74) is 1.04. The molecule has 0 saturated carbocycles. The quantitative estimate of drug-likeness (QED) is 0.650. The molecule has 3 saturated heterocycles. The molecule has 3 aliphatic heterocycles. The maximum absolute atomic E-state index is 11.9. The predicted octanol–water partition coefficient (Wildman–Crippen LogP) is 0.694. The maximum Gasteiger partial charge on any atom is 0.257 e. The number of rotatable bonds is 1. The van der Waals surface area contributed by atoms with Crippen LogP contribution in [0.15, 0.2) is 30.3 Å². The number of fused-ring (bicyclic) bond motifs is 3. The fourth-order valence-electron chi connectivity index (χ4n) is 2.69. The second-order valence-electron chi connectivity index (χ2n) is 4.43. The van der Waals surface area contributed by atoms with Crippen LogP contribution in [0.25, 0.3) is 0 Å². The number of ether oxygens (including phenoxy) is 2. The van der Waals surface area contributed by atoms with Crippen molar-refractivity contribution in [3.63, 3.8) is 0 Å². The Morgan fingerprint density at radius 1 is 1.25 bits per heavy atom. The Morgan fingerprint density at radius 2 is 2.06 bits per heavy atom. The number of hydrogen-bond acceptors (Lipinski definition) is 3. The van der Waals surface area contributed by atoms with Crippen molar-refractivity contribution >= 4 is 5.91 Å². The first-order chi connectivity index (χ1) is 7.86. The van der Waals surface area contributed by atoms with Gasteiger partial charge in [0, 0.05) is 5.56 Å². The summed E-state index contributed by atoms with van der Waals surface area (Å²) in [6, 6.07) is 9.99. The van der Waals surface area contributed by atoms with Crippen LogP contribution in [0, 0.1) is 0 Å². The van der Waals surface area contributed by atoms with E-state index in [1.807, 2.05) is 35.2 Å². The second-order valence-corrected chi connectivity index (χ2v) is 4.43. The molecule has 16 heavy (non-hydrogen) atoms. The molecule has 1 amide bonds. The van der Waals surface area contributed by atoms with Crippen molar-refractivity contribution in [2.24, 2.45) is 0 Å². The van der Waals surface area contributed by atoms with E-state index >= 15 is 0 Å². The number of carbonyl (C=O) groups is 1. The third-order valence-corrected chi connectivity index (χ3v) is 3.52. The van der Waals surface area contributed by atoms with Crippen LogP contribution in [0.1, 0.15) is 11.8 Å². The molecule has 0 N–H and O–H groups in total. The van der Waals surface area contributed by atoms with E-state index in [0.29, 0.717) is 6.61 Å². The molecule has 3 heterocycles. The summed E-state index contributed by atoms with van der Waals surface area (Å²) >= 11 is 0. The lowest BCUT2D eigenvalue weighted by molar-refractivity contribution is -0.138. The molecule has 4 nitrogen and oxygen atoms in total. The summed E-state index contributed by atoms with van der Waals surface area (Å²) in [6.07, 6.45) is -0.309. The molecular weight excluding hydrogens is 206 g/mol. The summed E-state index contributed by atoms with van der Waals surface area (Å²) < 4.78 is 11.0. The highest BCUT2D eigenvalue weighted by Gasteiger charge is 2.65. The second kappa shape index (κ2) is 2.84. The summed E-state index contributed by atoms with van der Waals surface area (Å²) in [4.78, 5) is 13.8. The van der Waals surface area contributed by atoms with Crippen LogP contribution in [-0.2, 0) is 14.3 Å². The van der Waals surface area contributed by atoms with Gasteiger partial charge >= 0.3 is 0 Å². The summed E-state index contributed by atoms with van der Waals surface area (Å²) in [5.74, 6) is 0.0846. The minimum absolute atomic E-state index is 0.0845. The summed E-state index contributed by atoms with van der Waals surface area (Å²) in [5, 5.41) is 0. The number of epoxide rings is 1. The Bertz CT molecular complexity index is 447. The summed E-state index contributed by atoms with van der Waals surface area (Å²) in [6.45, 7) is 0.590. The van der Waals surface area contributed by atoms with Crippen molar-refractivity contribution in [2.45, 2.75) is 24.5 Å². The fraction of sp³-hybridized carbons (Fsp3) is 0.417. The van der Waals surface area contributed by atoms with Gasteiger partial charge in [0.25, 0.3) is 5.91 Å². The Balaban J connectivity index is 1.70. The van der Waals surface area contributed by atoms with Gasteiger partial charge in [-0.05, 0) is 0 Å². The van der Waals surface area contributed by atoms with Gasteiger partial charge in [-0.15, -0.1) is 0 Å². The first kappa shape index (κ1) is 8.73. The fourth-order valence-corrected chi connectivity index (χ4v) is 2.69. The van der Waals surface area contributed by atoms with Crippen LogP contribution in [0.3, 0.4) is 0 Å².